The number of benzene rings is 2. The molecule has 0 radical (unpaired) electrons. The summed E-state index contributed by atoms with van der Waals surface area (Å²) in [6.45, 7) is 0.125. The summed E-state index contributed by atoms with van der Waals surface area (Å²) in [6.07, 6.45) is 1.53. The average Bonchev–Trinajstić information content (AvgIpc) is 3.33. The average molecular weight is 479 g/mol. The van der Waals surface area contributed by atoms with Crippen LogP contribution in [0.4, 0.5) is 5.69 Å². The van der Waals surface area contributed by atoms with E-state index in [2.05, 4.69) is 5.32 Å². The van der Waals surface area contributed by atoms with Crippen LogP contribution in [-0.2, 0) is 19.6 Å². The van der Waals surface area contributed by atoms with E-state index in [9.17, 15) is 22.8 Å². The van der Waals surface area contributed by atoms with Crippen molar-refractivity contribution in [1.29, 1.82) is 0 Å². The van der Waals surface area contributed by atoms with Gasteiger partial charge in [-0.1, -0.05) is 11.6 Å². The van der Waals surface area contributed by atoms with Crippen molar-refractivity contribution in [3.05, 3.63) is 52.5 Å². The molecule has 0 bridgehead atoms. The predicted octanol–water partition coefficient (Wildman–Crippen LogP) is 2.50. The van der Waals surface area contributed by atoms with E-state index in [1.54, 1.807) is 6.07 Å². The van der Waals surface area contributed by atoms with Gasteiger partial charge in [0.25, 0.3) is 5.91 Å². The molecule has 0 unspecified atom stereocenters. The molecule has 2 aliphatic rings. The fourth-order valence-electron chi connectivity index (χ4n) is 3.45. The van der Waals surface area contributed by atoms with Gasteiger partial charge in [-0.05, 0) is 49.2 Å². The van der Waals surface area contributed by atoms with Crippen LogP contribution in [0.25, 0.3) is 0 Å². The van der Waals surface area contributed by atoms with Gasteiger partial charge in [-0.15, -0.1) is 0 Å². The number of ether oxygens (including phenoxy) is 2. The van der Waals surface area contributed by atoms with Crippen LogP contribution in [0.15, 0.2) is 41.3 Å². The van der Waals surface area contributed by atoms with Gasteiger partial charge in [-0.25, -0.2) is 13.2 Å². The first-order valence-corrected chi connectivity index (χ1v) is 11.6. The highest BCUT2D eigenvalue weighted by atomic mass is 35.5. The molecule has 1 saturated heterocycles. The van der Waals surface area contributed by atoms with Crippen molar-refractivity contribution < 1.29 is 32.3 Å². The highest BCUT2D eigenvalue weighted by Gasteiger charge is 2.30. The fraction of sp³-hybridized carbons (Fsp3) is 0.286. The number of halogens is 1. The molecule has 0 saturated carbocycles. The molecule has 2 heterocycles. The number of fused-ring (bicyclic) bond motifs is 1. The number of hydrogen-bond acceptors (Lipinski definition) is 7. The van der Waals surface area contributed by atoms with Crippen LogP contribution in [0.1, 0.15) is 33.6 Å². The number of rotatable bonds is 6. The van der Waals surface area contributed by atoms with Crippen LogP contribution in [0.5, 0.6) is 5.75 Å². The van der Waals surface area contributed by atoms with Crippen LogP contribution < -0.4 is 10.1 Å². The first-order chi connectivity index (χ1) is 15.3. The lowest BCUT2D eigenvalue weighted by atomic mass is 10.1. The number of esters is 1. The summed E-state index contributed by atoms with van der Waals surface area (Å²) in [5, 5.41) is 2.60. The Kier molecular flexibility index (Phi) is 6.18. The molecule has 2 aromatic rings. The Morgan fingerprint density at radius 2 is 1.81 bits per heavy atom. The van der Waals surface area contributed by atoms with Crippen molar-refractivity contribution in [2.45, 2.75) is 17.7 Å². The maximum atomic E-state index is 12.8. The molecule has 0 atom stereocenters. The minimum Gasteiger partial charge on any atom is -0.482 e. The highest BCUT2D eigenvalue weighted by Crippen LogP contribution is 2.30. The summed E-state index contributed by atoms with van der Waals surface area (Å²) in [5.41, 5.74) is 0.537. The Bertz CT molecular complexity index is 1210. The Morgan fingerprint density at radius 1 is 1.09 bits per heavy atom. The molecule has 0 spiro atoms. The highest BCUT2D eigenvalue weighted by molar-refractivity contribution is 7.89. The molecule has 0 aromatic heterocycles. The third kappa shape index (κ3) is 4.47. The molecular weight excluding hydrogens is 460 g/mol. The molecule has 168 valence electrons. The van der Waals surface area contributed by atoms with Crippen molar-refractivity contribution in [2.24, 2.45) is 0 Å². The third-order valence-corrected chi connectivity index (χ3v) is 7.50. The summed E-state index contributed by atoms with van der Waals surface area (Å²) in [5.74, 6) is -1.26. The van der Waals surface area contributed by atoms with Crippen molar-refractivity contribution in [3.8, 4) is 5.75 Å². The van der Waals surface area contributed by atoms with E-state index >= 15 is 0 Å². The van der Waals surface area contributed by atoms with E-state index in [1.165, 1.54) is 28.6 Å². The first kappa shape index (κ1) is 22.3. The van der Waals surface area contributed by atoms with Gasteiger partial charge in [0.2, 0.25) is 10.0 Å². The number of sulfonamides is 1. The lowest BCUT2D eigenvalue weighted by molar-refractivity contribution is -0.118. The first-order valence-electron chi connectivity index (χ1n) is 9.82. The third-order valence-electron chi connectivity index (χ3n) is 5.12. The standard InChI is InChI=1S/C21H19ClN2O7S/c22-15-5-3-14(10-19(15)32(28,29)24-7-1-2-8-24)21(27)31-11-17(25)13-4-6-18-16(9-13)23-20(26)12-30-18/h3-6,9-10H,1-2,7-8,11-12H2,(H,23,26). The molecule has 32 heavy (non-hydrogen) atoms. The quantitative estimate of drug-likeness (QED) is 0.500. The SMILES string of the molecule is O=C1COc2ccc(C(=O)COC(=O)c3ccc(Cl)c(S(=O)(=O)N4CCCC4)c3)cc2N1. The van der Waals surface area contributed by atoms with E-state index in [4.69, 9.17) is 21.1 Å². The lowest BCUT2D eigenvalue weighted by Gasteiger charge is -2.18. The minimum absolute atomic E-state index is 0.00264. The molecule has 2 aliphatic heterocycles. The number of ketones is 1. The molecule has 2 aromatic carbocycles. The number of anilines is 1. The summed E-state index contributed by atoms with van der Waals surface area (Å²) in [7, 11) is -3.83. The summed E-state index contributed by atoms with van der Waals surface area (Å²) in [4.78, 5) is 36.2. The second-order valence-electron chi connectivity index (χ2n) is 7.30. The number of nitrogens with zero attached hydrogens (tertiary/aromatic N) is 1. The van der Waals surface area contributed by atoms with Gasteiger partial charge in [0.15, 0.2) is 19.0 Å². The minimum atomic E-state index is -3.83. The maximum Gasteiger partial charge on any atom is 0.338 e. The Labute approximate surface area is 189 Å². The van der Waals surface area contributed by atoms with E-state index in [0.29, 0.717) is 24.5 Å². The van der Waals surface area contributed by atoms with Crippen molar-refractivity contribution in [1.82, 2.24) is 4.31 Å². The Morgan fingerprint density at radius 3 is 2.56 bits per heavy atom. The van der Waals surface area contributed by atoms with E-state index < -0.39 is 28.4 Å². The number of hydrogen-bond donors (Lipinski definition) is 1. The number of carbonyl (C=O) groups is 3. The number of nitrogens with one attached hydrogen (secondary N) is 1. The van der Waals surface area contributed by atoms with Crippen LogP contribution in [-0.4, -0.2) is 56.7 Å². The van der Waals surface area contributed by atoms with E-state index in [-0.39, 0.29) is 33.6 Å². The van der Waals surface area contributed by atoms with Crippen molar-refractivity contribution in [3.63, 3.8) is 0 Å². The predicted molar refractivity (Wildman–Crippen MR) is 115 cm³/mol. The zero-order chi connectivity index (χ0) is 22.9. The molecule has 1 amide bonds. The summed E-state index contributed by atoms with van der Waals surface area (Å²) >= 11 is 6.09. The summed E-state index contributed by atoms with van der Waals surface area (Å²) in [6, 6.07) is 8.28. The second kappa shape index (κ2) is 8.89. The monoisotopic (exact) mass is 478 g/mol. The largest absolute Gasteiger partial charge is 0.482 e. The van der Waals surface area contributed by atoms with Crippen LogP contribution in [0.2, 0.25) is 5.02 Å². The molecule has 1 fully saturated rings. The fourth-order valence-corrected chi connectivity index (χ4v) is 5.47. The number of amides is 1. The van der Waals surface area contributed by atoms with Crippen LogP contribution >= 0.6 is 11.6 Å². The van der Waals surface area contributed by atoms with Gasteiger partial charge in [0.05, 0.1) is 16.3 Å². The van der Waals surface area contributed by atoms with Crippen LogP contribution in [0.3, 0.4) is 0 Å². The van der Waals surface area contributed by atoms with Gasteiger partial charge in [0, 0.05) is 18.7 Å². The zero-order valence-corrected chi connectivity index (χ0v) is 18.4. The molecular formula is C21H19ClN2O7S. The van der Waals surface area contributed by atoms with Gasteiger partial charge < -0.3 is 14.8 Å². The summed E-state index contributed by atoms with van der Waals surface area (Å²) < 4.78 is 37.3. The Hall–Kier alpha value is -2.95. The van der Waals surface area contributed by atoms with Gasteiger partial charge in [0.1, 0.15) is 10.6 Å². The number of Topliss-reactive ketones (excluding diaryl/α,β-unsaturated/α-hetero) is 1. The Balaban J connectivity index is 1.46. The van der Waals surface area contributed by atoms with Crippen LogP contribution in [0, 0.1) is 0 Å². The molecule has 0 aliphatic carbocycles. The van der Waals surface area contributed by atoms with Crippen molar-refractivity contribution >= 4 is 45.0 Å². The lowest BCUT2D eigenvalue weighted by Crippen LogP contribution is -2.28. The normalized spacial score (nSPS) is 16.1. The van der Waals surface area contributed by atoms with Gasteiger partial charge in [-0.3, -0.25) is 9.59 Å². The molecule has 9 nitrogen and oxygen atoms in total. The maximum absolute atomic E-state index is 12.8. The topological polar surface area (TPSA) is 119 Å². The number of carbonyl (C=O) groups excluding carboxylic acids is 3. The molecule has 4 rings (SSSR count). The smallest absolute Gasteiger partial charge is 0.338 e. The van der Waals surface area contributed by atoms with E-state index in [0.717, 1.165) is 18.9 Å². The molecule has 11 heteroatoms. The van der Waals surface area contributed by atoms with Gasteiger partial charge in [-0.2, -0.15) is 4.31 Å². The van der Waals surface area contributed by atoms with Crippen molar-refractivity contribution in [2.75, 3.05) is 31.6 Å². The molecule has 1 N–H and O–H groups in total. The zero-order valence-electron chi connectivity index (χ0n) is 16.8. The second-order valence-corrected chi connectivity index (χ2v) is 9.62. The van der Waals surface area contributed by atoms with E-state index in [1.807, 2.05) is 0 Å². The van der Waals surface area contributed by atoms with Gasteiger partial charge >= 0.3 is 5.97 Å².